The first kappa shape index (κ1) is 25.9. The van der Waals surface area contributed by atoms with Crippen LogP contribution in [0.4, 0.5) is 0 Å². The summed E-state index contributed by atoms with van der Waals surface area (Å²) in [6.45, 7) is 8.51. The Morgan fingerprint density at radius 3 is 1.00 bits per heavy atom. The molecule has 0 atom stereocenters. The number of hydrogen-bond donors (Lipinski definition) is 0. The zero-order chi connectivity index (χ0) is 22.5. The Balaban J connectivity index is 0.00000144. The normalized spacial score (nSPS) is 14.6. The predicted octanol–water partition coefficient (Wildman–Crippen LogP) is 2.08. The number of benzene rings is 4. The van der Waals surface area contributed by atoms with E-state index >= 15 is 0 Å². The molecule has 3 heteroatoms. The molecule has 0 spiro atoms. The van der Waals surface area contributed by atoms with Crippen LogP contribution < -0.4 is 24.8 Å². The third-order valence-electron chi connectivity index (χ3n) is 7.46. The van der Waals surface area contributed by atoms with Crippen molar-refractivity contribution in [3.05, 3.63) is 145 Å². The molecule has 0 nitrogen and oxygen atoms in total. The van der Waals surface area contributed by atoms with Crippen LogP contribution in [0, 0.1) is 0 Å². The molecule has 2 aliphatic carbocycles. The van der Waals surface area contributed by atoms with Crippen molar-refractivity contribution in [2.45, 2.75) is 19.1 Å². The first-order valence-corrected chi connectivity index (χ1v) is 14.1. The smallest absolute Gasteiger partial charge is 1.00 e. The largest absolute Gasteiger partial charge is 1.00 e. The number of hydrogen-bond acceptors (Lipinski definition) is 0. The summed E-state index contributed by atoms with van der Waals surface area (Å²) in [5.41, 5.74) is 11.6. The van der Waals surface area contributed by atoms with Gasteiger partial charge in [0, 0.05) is 0 Å². The zero-order valence-corrected chi connectivity index (χ0v) is 23.4. The molecule has 4 aromatic rings. The second-order valence-electron chi connectivity index (χ2n) is 9.10. The Morgan fingerprint density at radius 2 is 0.743 bits per heavy atom. The van der Waals surface area contributed by atoms with E-state index in [0.717, 1.165) is 12.8 Å². The van der Waals surface area contributed by atoms with Crippen molar-refractivity contribution in [3.8, 4) is 22.3 Å². The van der Waals surface area contributed by atoms with E-state index in [9.17, 15) is 0 Å². The molecule has 0 heterocycles. The van der Waals surface area contributed by atoms with Gasteiger partial charge in [0.2, 0.25) is 0 Å². The fourth-order valence-corrected chi connectivity index (χ4v) is 12.7. The van der Waals surface area contributed by atoms with E-state index in [2.05, 4.69) is 122 Å². The topological polar surface area (TPSA) is 0 Å². The molecule has 0 aliphatic heterocycles. The maximum absolute atomic E-state index is 4.25. The molecule has 0 radical (unpaired) electrons. The third kappa shape index (κ3) is 3.67. The van der Waals surface area contributed by atoms with E-state index < -0.39 is 23.2 Å². The Hall–Kier alpha value is -2.18. The van der Waals surface area contributed by atoms with Crippen LogP contribution in [0.3, 0.4) is 0 Å². The molecule has 2 aliphatic rings. The van der Waals surface area contributed by atoms with Gasteiger partial charge in [-0.15, -0.1) is 0 Å². The maximum Gasteiger partial charge on any atom is -1.00 e. The Labute approximate surface area is 232 Å². The van der Waals surface area contributed by atoms with Crippen molar-refractivity contribution in [1.29, 1.82) is 0 Å². The number of rotatable bonds is 6. The molecule has 0 saturated carbocycles. The molecular weight excluding hydrogens is 546 g/mol. The van der Waals surface area contributed by atoms with Gasteiger partial charge in [-0.3, -0.25) is 0 Å². The summed E-state index contributed by atoms with van der Waals surface area (Å²) in [4.78, 5) is 0. The molecular formula is C32H26Cl2Zr. The molecule has 0 aromatic heterocycles. The SMILES string of the molecule is C=CC[C]1([Zr+2][C]2(CC=C)c3ccccc3-c3ccccc32)c2ccccc2-c2ccccc21.[Cl-].[Cl-]. The van der Waals surface area contributed by atoms with Gasteiger partial charge in [-0.2, -0.15) is 0 Å². The minimum Gasteiger partial charge on any atom is -1.00 e. The Bertz CT molecular complexity index is 1210. The number of fused-ring (bicyclic) bond motifs is 6. The van der Waals surface area contributed by atoms with Gasteiger partial charge in [0.15, 0.2) is 0 Å². The van der Waals surface area contributed by atoms with Crippen LogP contribution in [0.15, 0.2) is 122 Å². The van der Waals surface area contributed by atoms with Gasteiger partial charge in [0.05, 0.1) is 0 Å². The van der Waals surface area contributed by atoms with Crippen LogP contribution in [-0.4, -0.2) is 0 Å². The van der Waals surface area contributed by atoms with Crippen LogP contribution in [0.2, 0.25) is 0 Å². The molecule has 35 heavy (non-hydrogen) atoms. The molecule has 6 rings (SSSR count). The molecule has 172 valence electrons. The van der Waals surface area contributed by atoms with Gasteiger partial charge in [-0.05, 0) is 0 Å². The van der Waals surface area contributed by atoms with Crippen molar-refractivity contribution in [2.24, 2.45) is 0 Å². The first-order valence-electron chi connectivity index (χ1n) is 11.6. The molecule has 4 aromatic carbocycles. The molecule has 0 saturated heterocycles. The Morgan fingerprint density at radius 1 is 0.486 bits per heavy atom. The maximum atomic E-state index is 4.25. The van der Waals surface area contributed by atoms with Gasteiger partial charge in [0.25, 0.3) is 0 Å². The molecule has 0 bridgehead atoms. The van der Waals surface area contributed by atoms with Crippen LogP contribution in [0.25, 0.3) is 22.3 Å². The van der Waals surface area contributed by atoms with Crippen LogP contribution in [0.5, 0.6) is 0 Å². The summed E-state index contributed by atoms with van der Waals surface area (Å²) in [6, 6.07) is 36.4. The summed E-state index contributed by atoms with van der Waals surface area (Å²) in [5, 5.41) is 0. The van der Waals surface area contributed by atoms with Crippen molar-refractivity contribution < 1.29 is 48.0 Å². The van der Waals surface area contributed by atoms with E-state index in [1.54, 1.807) is 0 Å². The van der Waals surface area contributed by atoms with Crippen molar-refractivity contribution in [2.75, 3.05) is 0 Å². The van der Waals surface area contributed by atoms with E-state index in [0.29, 0.717) is 0 Å². The van der Waals surface area contributed by atoms with Gasteiger partial charge < -0.3 is 24.8 Å². The van der Waals surface area contributed by atoms with Gasteiger partial charge in [-0.25, -0.2) is 0 Å². The first-order chi connectivity index (χ1) is 16.2. The molecule has 0 unspecified atom stereocenters. The van der Waals surface area contributed by atoms with Gasteiger partial charge >= 0.3 is 209 Å². The third-order valence-corrected chi connectivity index (χ3v) is 13.2. The summed E-state index contributed by atoms with van der Waals surface area (Å²) in [7, 11) is 0. The van der Waals surface area contributed by atoms with E-state index in [-0.39, 0.29) is 31.1 Å². The summed E-state index contributed by atoms with van der Waals surface area (Å²) in [6.07, 6.45) is 6.29. The zero-order valence-electron chi connectivity index (χ0n) is 19.5. The standard InChI is InChI=1S/2C16H13.2ClH.Zr/c2*1-2-7-12-13-8-3-5-10-15(13)16-11-6-4-9-14(12)16;;;/h2*2-6,8-11H,1,7H2;2*1H;/q;;;;+2/p-2. The summed E-state index contributed by atoms with van der Waals surface area (Å²) >= 11 is -1.26. The fraction of sp³-hybridized carbons (Fsp3) is 0.125. The molecule has 0 amide bonds. The van der Waals surface area contributed by atoms with Crippen LogP contribution >= 0.6 is 0 Å². The van der Waals surface area contributed by atoms with Crippen molar-refractivity contribution in [1.82, 2.24) is 0 Å². The molecule has 0 N–H and O–H groups in total. The average molecular weight is 573 g/mol. The van der Waals surface area contributed by atoms with E-state index in [1.807, 2.05) is 0 Å². The van der Waals surface area contributed by atoms with Crippen LogP contribution in [0.1, 0.15) is 35.1 Å². The summed E-state index contributed by atoms with van der Waals surface area (Å²) < 4.78 is 0.0672. The monoisotopic (exact) mass is 570 g/mol. The fourth-order valence-electron chi connectivity index (χ4n) is 6.26. The van der Waals surface area contributed by atoms with Crippen LogP contribution in [-0.2, 0) is 29.5 Å². The van der Waals surface area contributed by atoms with Gasteiger partial charge in [-0.1, -0.05) is 0 Å². The average Bonchev–Trinajstić information content (AvgIpc) is 3.29. The molecule has 0 fully saturated rings. The van der Waals surface area contributed by atoms with E-state index in [1.165, 1.54) is 44.5 Å². The Kier molecular flexibility index (Phi) is 7.44. The van der Waals surface area contributed by atoms with Gasteiger partial charge in [0.1, 0.15) is 0 Å². The quantitative estimate of drug-likeness (QED) is 0.311. The predicted molar refractivity (Wildman–Crippen MR) is 135 cm³/mol. The van der Waals surface area contributed by atoms with Crippen molar-refractivity contribution in [3.63, 3.8) is 0 Å². The minimum atomic E-state index is -1.26. The summed E-state index contributed by atoms with van der Waals surface area (Å²) in [5.74, 6) is 0. The van der Waals surface area contributed by atoms with E-state index in [4.69, 9.17) is 0 Å². The second-order valence-corrected chi connectivity index (χ2v) is 13.9. The number of allylic oxidation sites excluding steroid dienone is 2. The minimum absolute atomic E-state index is 0. The number of halogens is 2. The van der Waals surface area contributed by atoms with Crippen molar-refractivity contribution >= 4 is 0 Å². The second kappa shape index (κ2) is 10.1.